The Hall–Kier alpha value is -5.60. The van der Waals surface area contributed by atoms with Crippen LogP contribution < -0.4 is 4.90 Å². The summed E-state index contributed by atoms with van der Waals surface area (Å²) in [5.74, 6) is 0. The van der Waals surface area contributed by atoms with E-state index in [-0.39, 0.29) is 0 Å². The summed E-state index contributed by atoms with van der Waals surface area (Å²) in [6.45, 7) is 0. The zero-order valence-electron chi connectivity index (χ0n) is 22.9. The molecule has 0 saturated heterocycles. The third-order valence-electron chi connectivity index (χ3n) is 8.04. The minimum Gasteiger partial charge on any atom is -0.455 e. The molecule has 0 spiro atoms. The van der Waals surface area contributed by atoms with Gasteiger partial charge in [-0.25, -0.2) is 0 Å². The molecule has 0 radical (unpaired) electrons. The number of furan rings is 1. The van der Waals surface area contributed by atoms with Crippen LogP contribution in [0, 0.1) is 0 Å². The van der Waals surface area contributed by atoms with Crippen molar-refractivity contribution in [3.63, 3.8) is 0 Å². The van der Waals surface area contributed by atoms with Crippen molar-refractivity contribution in [2.45, 2.75) is 0 Å². The van der Waals surface area contributed by atoms with Crippen molar-refractivity contribution < 1.29 is 4.42 Å². The Morgan fingerprint density at radius 1 is 0.381 bits per heavy atom. The van der Waals surface area contributed by atoms with Gasteiger partial charge in [0, 0.05) is 33.4 Å². The molecule has 0 N–H and O–H groups in total. The first-order chi connectivity index (χ1) is 20.8. The second kappa shape index (κ2) is 10.1. The molecule has 0 saturated carbocycles. The first kappa shape index (κ1) is 24.2. The van der Waals surface area contributed by atoms with Gasteiger partial charge in [-0.2, -0.15) is 0 Å². The molecular weight excluding hydrogens is 510 g/mol. The van der Waals surface area contributed by atoms with Gasteiger partial charge in [-0.3, -0.25) is 0 Å². The fraction of sp³-hybridized carbons (Fsp3) is 0. The molecule has 8 rings (SSSR count). The van der Waals surface area contributed by atoms with E-state index in [0.29, 0.717) is 0 Å². The summed E-state index contributed by atoms with van der Waals surface area (Å²) < 4.78 is 6.40. The lowest BCUT2D eigenvalue weighted by Gasteiger charge is -2.26. The summed E-state index contributed by atoms with van der Waals surface area (Å²) in [6, 6.07) is 58.0. The summed E-state index contributed by atoms with van der Waals surface area (Å²) in [5, 5.41) is 4.72. The molecule has 0 aliphatic rings. The van der Waals surface area contributed by atoms with Crippen molar-refractivity contribution in [1.82, 2.24) is 0 Å². The van der Waals surface area contributed by atoms with Gasteiger partial charge in [0.15, 0.2) is 0 Å². The monoisotopic (exact) mass is 537 g/mol. The van der Waals surface area contributed by atoms with E-state index in [2.05, 4.69) is 157 Å². The van der Waals surface area contributed by atoms with Gasteiger partial charge in [0.1, 0.15) is 11.2 Å². The number of fused-ring (bicyclic) bond motifs is 4. The van der Waals surface area contributed by atoms with E-state index in [1.807, 2.05) is 12.1 Å². The molecule has 0 atom stereocenters. The average molecular weight is 538 g/mol. The van der Waals surface area contributed by atoms with Crippen LogP contribution in [0.25, 0.3) is 55.0 Å². The van der Waals surface area contributed by atoms with Crippen molar-refractivity contribution >= 4 is 49.8 Å². The predicted molar refractivity (Wildman–Crippen MR) is 177 cm³/mol. The van der Waals surface area contributed by atoms with Gasteiger partial charge in [0.05, 0.1) is 0 Å². The largest absolute Gasteiger partial charge is 0.455 e. The third-order valence-corrected chi connectivity index (χ3v) is 8.04. The Kier molecular flexibility index (Phi) is 5.82. The molecule has 1 heterocycles. The van der Waals surface area contributed by atoms with Gasteiger partial charge < -0.3 is 9.32 Å². The molecule has 0 amide bonds. The standard InChI is InChI=1S/C40H27NO/c1-2-10-28(11-3-1)30-20-23-33(24-21-30)41(35-25-22-29-12-4-5-13-31(29)26-35)34-15-8-14-32(27-34)36-17-9-18-38-37-16-6-7-19-39(37)42-40(36)38/h1-27H. The highest BCUT2D eigenvalue weighted by Gasteiger charge is 2.16. The summed E-state index contributed by atoms with van der Waals surface area (Å²) in [5.41, 5.74) is 9.73. The third kappa shape index (κ3) is 4.22. The average Bonchev–Trinajstić information content (AvgIpc) is 3.45. The maximum Gasteiger partial charge on any atom is 0.143 e. The number of hydrogen-bond donors (Lipinski definition) is 0. The van der Waals surface area contributed by atoms with E-state index in [1.165, 1.54) is 21.9 Å². The Labute approximate surface area is 244 Å². The SMILES string of the molecule is c1ccc(-c2ccc(N(c3cccc(-c4cccc5c4oc4ccccc45)c3)c3ccc4ccccc4c3)cc2)cc1. The van der Waals surface area contributed by atoms with Crippen LogP contribution in [0.15, 0.2) is 168 Å². The van der Waals surface area contributed by atoms with Crippen molar-refractivity contribution in [3.8, 4) is 22.3 Å². The van der Waals surface area contributed by atoms with Crippen LogP contribution in [-0.4, -0.2) is 0 Å². The second-order valence-corrected chi connectivity index (χ2v) is 10.6. The molecule has 0 bridgehead atoms. The molecular formula is C40H27NO. The van der Waals surface area contributed by atoms with E-state index in [4.69, 9.17) is 4.42 Å². The van der Waals surface area contributed by atoms with Crippen LogP contribution in [0.3, 0.4) is 0 Å². The van der Waals surface area contributed by atoms with E-state index in [9.17, 15) is 0 Å². The minimum atomic E-state index is 0.910. The Balaban J connectivity index is 1.28. The lowest BCUT2D eigenvalue weighted by atomic mass is 10.0. The van der Waals surface area contributed by atoms with Gasteiger partial charge >= 0.3 is 0 Å². The quantitative estimate of drug-likeness (QED) is 0.217. The molecule has 7 aromatic carbocycles. The van der Waals surface area contributed by atoms with Crippen LogP contribution in [0.4, 0.5) is 17.1 Å². The first-order valence-corrected chi connectivity index (χ1v) is 14.3. The molecule has 198 valence electrons. The number of anilines is 3. The number of para-hydroxylation sites is 2. The highest BCUT2D eigenvalue weighted by atomic mass is 16.3. The molecule has 0 unspecified atom stereocenters. The molecule has 0 aliphatic heterocycles. The molecule has 42 heavy (non-hydrogen) atoms. The van der Waals surface area contributed by atoms with Crippen molar-refractivity contribution in [3.05, 3.63) is 164 Å². The summed E-state index contributed by atoms with van der Waals surface area (Å²) in [6.07, 6.45) is 0. The molecule has 0 fully saturated rings. The zero-order valence-corrected chi connectivity index (χ0v) is 22.9. The number of nitrogens with zero attached hydrogens (tertiary/aromatic N) is 1. The lowest BCUT2D eigenvalue weighted by Crippen LogP contribution is -2.10. The highest BCUT2D eigenvalue weighted by Crippen LogP contribution is 2.41. The molecule has 8 aromatic rings. The second-order valence-electron chi connectivity index (χ2n) is 10.6. The number of hydrogen-bond acceptors (Lipinski definition) is 2. The van der Waals surface area contributed by atoms with Crippen LogP contribution in [-0.2, 0) is 0 Å². The Morgan fingerprint density at radius 3 is 1.90 bits per heavy atom. The van der Waals surface area contributed by atoms with Crippen LogP contribution in [0.2, 0.25) is 0 Å². The fourth-order valence-electron chi connectivity index (χ4n) is 5.98. The maximum atomic E-state index is 6.40. The van der Waals surface area contributed by atoms with Crippen molar-refractivity contribution in [2.75, 3.05) is 4.90 Å². The van der Waals surface area contributed by atoms with Crippen molar-refractivity contribution in [1.29, 1.82) is 0 Å². The van der Waals surface area contributed by atoms with Gasteiger partial charge in [-0.1, -0.05) is 121 Å². The number of benzene rings is 7. The topological polar surface area (TPSA) is 16.4 Å². The highest BCUT2D eigenvalue weighted by molar-refractivity contribution is 6.09. The molecule has 2 nitrogen and oxygen atoms in total. The van der Waals surface area contributed by atoms with E-state index in [1.54, 1.807) is 0 Å². The van der Waals surface area contributed by atoms with Gasteiger partial charge in [0.25, 0.3) is 0 Å². The van der Waals surface area contributed by atoms with Crippen molar-refractivity contribution in [2.24, 2.45) is 0 Å². The smallest absolute Gasteiger partial charge is 0.143 e. The van der Waals surface area contributed by atoms with Gasteiger partial charge in [-0.05, 0) is 69.9 Å². The maximum absolute atomic E-state index is 6.40. The molecule has 1 aromatic heterocycles. The Bertz CT molecular complexity index is 2190. The lowest BCUT2D eigenvalue weighted by molar-refractivity contribution is 0.670. The summed E-state index contributed by atoms with van der Waals surface area (Å²) in [7, 11) is 0. The fourth-order valence-corrected chi connectivity index (χ4v) is 5.98. The summed E-state index contributed by atoms with van der Waals surface area (Å²) in [4.78, 5) is 2.34. The van der Waals surface area contributed by atoms with E-state index < -0.39 is 0 Å². The van der Waals surface area contributed by atoms with Crippen LogP contribution in [0.5, 0.6) is 0 Å². The van der Waals surface area contributed by atoms with Crippen LogP contribution >= 0.6 is 0 Å². The molecule has 2 heteroatoms. The van der Waals surface area contributed by atoms with Gasteiger partial charge in [-0.15, -0.1) is 0 Å². The van der Waals surface area contributed by atoms with E-state index >= 15 is 0 Å². The van der Waals surface area contributed by atoms with Crippen LogP contribution in [0.1, 0.15) is 0 Å². The zero-order chi connectivity index (χ0) is 27.9. The van der Waals surface area contributed by atoms with Gasteiger partial charge in [0.2, 0.25) is 0 Å². The Morgan fingerprint density at radius 2 is 1.02 bits per heavy atom. The number of rotatable bonds is 5. The minimum absolute atomic E-state index is 0.910. The van der Waals surface area contributed by atoms with E-state index in [0.717, 1.165) is 50.1 Å². The normalized spacial score (nSPS) is 11.3. The predicted octanol–water partition coefficient (Wildman–Crippen LogP) is 11.5. The summed E-state index contributed by atoms with van der Waals surface area (Å²) >= 11 is 0. The molecule has 0 aliphatic carbocycles. The first-order valence-electron chi connectivity index (χ1n) is 14.3.